The van der Waals surface area contributed by atoms with Crippen molar-refractivity contribution in [3.05, 3.63) is 41.7 Å². The smallest absolute Gasteiger partial charge is 0.224 e. The Balaban J connectivity index is 1.65. The molecule has 146 valence electrons. The molecule has 1 fully saturated rings. The highest BCUT2D eigenvalue weighted by Crippen LogP contribution is 2.35. The second kappa shape index (κ2) is 8.08. The first-order valence-corrected chi connectivity index (χ1v) is 9.35. The minimum Gasteiger partial charge on any atom is -0.493 e. The molecule has 2 heterocycles. The van der Waals surface area contributed by atoms with E-state index in [4.69, 9.17) is 25.8 Å². The molecule has 0 spiro atoms. The number of morpholine rings is 1. The number of hydrogen-bond donors (Lipinski definition) is 1. The van der Waals surface area contributed by atoms with Crippen molar-refractivity contribution in [1.29, 1.82) is 0 Å². The van der Waals surface area contributed by atoms with Crippen molar-refractivity contribution < 1.29 is 14.2 Å². The van der Waals surface area contributed by atoms with Gasteiger partial charge in [-0.25, -0.2) is 4.98 Å². The van der Waals surface area contributed by atoms with Crippen LogP contribution in [-0.4, -0.2) is 50.5 Å². The Bertz CT molecular complexity index is 975. The maximum atomic E-state index is 6.13. The van der Waals surface area contributed by atoms with Gasteiger partial charge in [-0.2, -0.15) is 4.98 Å². The number of nitrogens with zero attached hydrogens (tertiary/aromatic N) is 3. The van der Waals surface area contributed by atoms with Crippen molar-refractivity contribution in [2.45, 2.75) is 0 Å². The topological polar surface area (TPSA) is 68.7 Å². The highest BCUT2D eigenvalue weighted by molar-refractivity contribution is 6.28. The van der Waals surface area contributed by atoms with Gasteiger partial charge < -0.3 is 24.4 Å². The fraction of sp³-hybridized carbons (Fsp3) is 0.300. The zero-order chi connectivity index (χ0) is 19.5. The molecule has 2 aromatic carbocycles. The summed E-state index contributed by atoms with van der Waals surface area (Å²) in [6, 6.07) is 11.8. The van der Waals surface area contributed by atoms with Gasteiger partial charge in [0.15, 0.2) is 11.5 Å². The first-order valence-electron chi connectivity index (χ1n) is 8.97. The average Bonchev–Trinajstić information content (AvgIpc) is 2.74. The minimum atomic E-state index is 0.159. The molecule has 1 aromatic heterocycles. The van der Waals surface area contributed by atoms with E-state index in [1.165, 1.54) is 5.69 Å². The molecule has 1 N–H and O–H groups in total. The number of halogens is 1. The predicted molar refractivity (Wildman–Crippen MR) is 110 cm³/mol. The lowest BCUT2D eigenvalue weighted by Gasteiger charge is -2.28. The van der Waals surface area contributed by atoms with Gasteiger partial charge in [0.1, 0.15) is 5.82 Å². The maximum Gasteiger partial charge on any atom is 0.224 e. The Kier molecular flexibility index (Phi) is 5.36. The van der Waals surface area contributed by atoms with Crippen LogP contribution in [0.3, 0.4) is 0 Å². The second-order valence-corrected chi connectivity index (χ2v) is 6.67. The molecule has 1 saturated heterocycles. The van der Waals surface area contributed by atoms with Gasteiger partial charge in [0.2, 0.25) is 5.28 Å². The van der Waals surface area contributed by atoms with E-state index < -0.39 is 0 Å². The highest BCUT2D eigenvalue weighted by Gasteiger charge is 2.14. The zero-order valence-corrected chi connectivity index (χ0v) is 16.5. The number of aromatic nitrogens is 2. The molecule has 0 atom stereocenters. The van der Waals surface area contributed by atoms with E-state index >= 15 is 0 Å². The quantitative estimate of drug-likeness (QED) is 0.652. The Morgan fingerprint density at radius 3 is 2.36 bits per heavy atom. The summed E-state index contributed by atoms with van der Waals surface area (Å²) in [6.07, 6.45) is 0. The Labute approximate surface area is 168 Å². The van der Waals surface area contributed by atoms with Crippen molar-refractivity contribution in [3.8, 4) is 11.5 Å². The second-order valence-electron chi connectivity index (χ2n) is 6.34. The highest BCUT2D eigenvalue weighted by atomic mass is 35.5. The lowest BCUT2D eigenvalue weighted by atomic mass is 10.2. The van der Waals surface area contributed by atoms with Crippen LogP contribution in [0.5, 0.6) is 11.5 Å². The van der Waals surface area contributed by atoms with Crippen LogP contribution in [0.2, 0.25) is 5.28 Å². The lowest BCUT2D eigenvalue weighted by molar-refractivity contribution is 0.122. The fourth-order valence-electron chi connectivity index (χ4n) is 3.24. The van der Waals surface area contributed by atoms with Crippen LogP contribution in [0.1, 0.15) is 0 Å². The molecule has 1 aliphatic rings. The van der Waals surface area contributed by atoms with Gasteiger partial charge in [0, 0.05) is 35.9 Å². The third kappa shape index (κ3) is 3.76. The van der Waals surface area contributed by atoms with E-state index in [1.807, 2.05) is 18.2 Å². The molecule has 0 saturated carbocycles. The first-order chi connectivity index (χ1) is 13.7. The number of fused-ring (bicyclic) bond motifs is 1. The number of benzene rings is 2. The van der Waals surface area contributed by atoms with Crippen LogP contribution < -0.4 is 19.7 Å². The van der Waals surface area contributed by atoms with E-state index in [1.54, 1.807) is 20.3 Å². The number of anilines is 3. The predicted octanol–water partition coefficient (Wildman–Crippen LogP) is 3.88. The summed E-state index contributed by atoms with van der Waals surface area (Å²) < 4.78 is 16.2. The molecule has 0 unspecified atom stereocenters. The summed E-state index contributed by atoms with van der Waals surface area (Å²) in [4.78, 5) is 11.0. The van der Waals surface area contributed by atoms with E-state index in [0.717, 1.165) is 37.4 Å². The van der Waals surface area contributed by atoms with E-state index in [9.17, 15) is 0 Å². The van der Waals surface area contributed by atoms with Crippen molar-refractivity contribution in [2.75, 3.05) is 50.7 Å². The molecular weight excluding hydrogens is 380 g/mol. The Hall–Kier alpha value is -2.77. The van der Waals surface area contributed by atoms with Crippen molar-refractivity contribution in [3.63, 3.8) is 0 Å². The van der Waals surface area contributed by atoms with Crippen LogP contribution in [-0.2, 0) is 4.74 Å². The van der Waals surface area contributed by atoms with Crippen LogP contribution >= 0.6 is 11.6 Å². The van der Waals surface area contributed by atoms with Gasteiger partial charge >= 0.3 is 0 Å². The summed E-state index contributed by atoms with van der Waals surface area (Å²) in [5, 5.41) is 4.28. The monoisotopic (exact) mass is 400 g/mol. The van der Waals surface area contributed by atoms with Crippen LogP contribution in [0.15, 0.2) is 36.4 Å². The largest absolute Gasteiger partial charge is 0.493 e. The number of nitrogens with one attached hydrogen (secondary N) is 1. The Morgan fingerprint density at radius 2 is 1.68 bits per heavy atom. The summed E-state index contributed by atoms with van der Waals surface area (Å²) in [5.41, 5.74) is 2.75. The summed E-state index contributed by atoms with van der Waals surface area (Å²) in [6.45, 7) is 3.33. The third-order valence-corrected chi connectivity index (χ3v) is 4.85. The van der Waals surface area contributed by atoms with Crippen LogP contribution in [0.4, 0.5) is 17.2 Å². The normalized spacial score (nSPS) is 14.2. The average molecular weight is 401 g/mol. The summed E-state index contributed by atoms with van der Waals surface area (Å²) >= 11 is 6.13. The van der Waals surface area contributed by atoms with E-state index in [-0.39, 0.29) is 5.28 Å². The molecule has 0 aliphatic carbocycles. The van der Waals surface area contributed by atoms with Crippen LogP contribution in [0.25, 0.3) is 10.9 Å². The molecule has 0 radical (unpaired) electrons. The maximum absolute atomic E-state index is 6.13. The first kappa shape index (κ1) is 18.6. The molecule has 8 heteroatoms. The van der Waals surface area contributed by atoms with Crippen molar-refractivity contribution >= 4 is 39.7 Å². The van der Waals surface area contributed by atoms with Gasteiger partial charge in [0.25, 0.3) is 0 Å². The standard InChI is InChI=1S/C20H21ClN4O3/c1-26-17-11-15-16(12-18(17)27-2)23-20(21)24-19(15)22-13-3-5-14(6-4-13)25-7-9-28-10-8-25/h3-6,11-12H,7-10H2,1-2H3,(H,22,23,24). The molecule has 0 bridgehead atoms. The lowest BCUT2D eigenvalue weighted by Crippen LogP contribution is -2.36. The van der Waals surface area contributed by atoms with E-state index in [2.05, 4.69) is 32.3 Å². The van der Waals surface area contributed by atoms with Gasteiger partial charge in [-0.1, -0.05) is 0 Å². The molecule has 7 nitrogen and oxygen atoms in total. The number of methoxy groups -OCH3 is 2. The Morgan fingerprint density at radius 1 is 1.00 bits per heavy atom. The number of ether oxygens (including phenoxy) is 3. The molecule has 1 aliphatic heterocycles. The summed E-state index contributed by atoms with van der Waals surface area (Å²) in [5.74, 6) is 1.80. The third-order valence-electron chi connectivity index (χ3n) is 4.68. The molecule has 4 rings (SSSR count). The van der Waals surface area contributed by atoms with Gasteiger partial charge in [-0.05, 0) is 41.9 Å². The molecule has 0 amide bonds. The van der Waals surface area contributed by atoms with Crippen LogP contribution in [0, 0.1) is 0 Å². The fourth-order valence-corrected chi connectivity index (χ4v) is 3.41. The zero-order valence-electron chi connectivity index (χ0n) is 15.7. The van der Waals surface area contributed by atoms with Crippen molar-refractivity contribution in [1.82, 2.24) is 9.97 Å². The molecule has 3 aromatic rings. The molecular formula is C20H21ClN4O3. The molecule has 28 heavy (non-hydrogen) atoms. The minimum absolute atomic E-state index is 0.159. The van der Waals surface area contributed by atoms with Gasteiger partial charge in [-0.3, -0.25) is 0 Å². The van der Waals surface area contributed by atoms with Gasteiger partial charge in [0.05, 0.1) is 33.0 Å². The SMILES string of the molecule is COc1cc2nc(Cl)nc(Nc3ccc(N4CCOCC4)cc3)c2cc1OC. The van der Waals surface area contributed by atoms with E-state index in [0.29, 0.717) is 22.8 Å². The number of rotatable bonds is 5. The number of hydrogen-bond acceptors (Lipinski definition) is 7. The van der Waals surface area contributed by atoms with Crippen molar-refractivity contribution in [2.24, 2.45) is 0 Å². The summed E-state index contributed by atoms with van der Waals surface area (Å²) in [7, 11) is 3.18. The van der Waals surface area contributed by atoms with Gasteiger partial charge in [-0.15, -0.1) is 0 Å².